The van der Waals surface area contributed by atoms with Gasteiger partial charge >= 0.3 is 0 Å². The highest BCUT2D eigenvalue weighted by molar-refractivity contribution is 7.18. The van der Waals surface area contributed by atoms with Crippen LogP contribution in [0.25, 0.3) is 10.2 Å². The summed E-state index contributed by atoms with van der Waals surface area (Å²) in [5.74, 6) is 0. The van der Waals surface area contributed by atoms with Crippen molar-refractivity contribution in [3.05, 3.63) is 29.3 Å². The first-order valence-corrected chi connectivity index (χ1v) is 6.96. The lowest BCUT2D eigenvalue weighted by Gasteiger charge is -2.03. The number of rotatable bonds is 2. The molecule has 0 aliphatic carbocycles. The van der Waals surface area contributed by atoms with E-state index in [0.29, 0.717) is 0 Å². The number of hydrogen-bond donors (Lipinski definition) is 1. The average molecular weight is 278 g/mol. The summed E-state index contributed by atoms with van der Waals surface area (Å²) < 4.78 is 34.0. The Hall–Kier alpha value is -0.760. The summed E-state index contributed by atoms with van der Waals surface area (Å²) in [6, 6.07) is 8.31. The molecule has 0 aliphatic rings. The van der Waals surface area contributed by atoms with Crippen LogP contribution in [0.4, 0.5) is 0 Å². The van der Waals surface area contributed by atoms with Gasteiger partial charge in [0.15, 0.2) is 0 Å². The number of halogens is 1. The van der Waals surface area contributed by atoms with Crippen LogP contribution in [0.2, 0.25) is 0 Å². The molecule has 1 N–H and O–H groups in total. The molecule has 94 valence electrons. The fourth-order valence-corrected chi connectivity index (χ4v) is 2.31. The molecule has 0 spiro atoms. The van der Waals surface area contributed by atoms with Gasteiger partial charge in [0.05, 0.1) is 30.1 Å². The zero-order valence-electron chi connectivity index (χ0n) is 9.13. The van der Waals surface area contributed by atoms with Gasteiger partial charge in [-0.05, 0) is 25.0 Å². The Bertz CT molecular complexity index is 430. The zero-order chi connectivity index (χ0) is 12.9. The molecule has 2 aromatic rings. The minimum absolute atomic E-state index is 1.11. The minimum Gasteiger partial charge on any atom is -0.241 e. The molecule has 17 heavy (non-hydrogen) atoms. The highest BCUT2D eigenvalue weighted by atomic mass is 35.7. The Morgan fingerprint density at radius 1 is 1.29 bits per heavy atom. The van der Waals surface area contributed by atoms with Crippen LogP contribution in [0.3, 0.4) is 0 Å². The lowest BCUT2D eigenvalue weighted by Crippen LogP contribution is -2.58. The number of aromatic nitrogens is 1. The van der Waals surface area contributed by atoms with Crippen LogP contribution in [0.15, 0.2) is 24.3 Å². The molecule has 0 radical (unpaired) electrons. The molecule has 0 aliphatic heterocycles. The van der Waals surface area contributed by atoms with Crippen molar-refractivity contribution >= 4 is 21.6 Å². The SMILES string of the molecule is CCCc1nc2ccccc2s1.[O-][Cl+3]([O-])([O-])O. The third-order valence-corrected chi connectivity index (χ3v) is 2.90. The molecule has 0 saturated heterocycles. The second-order valence-electron chi connectivity index (χ2n) is 3.22. The van der Waals surface area contributed by atoms with E-state index in [1.165, 1.54) is 16.1 Å². The molecule has 1 aromatic heterocycles. The summed E-state index contributed by atoms with van der Waals surface area (Å²) in [5.41, 5.74) is 1.14. The summed E-state index contributed by atoms with van der Waals surface area (Å²) >= 11 is 1.81. The number of aryl methyl sites for hydroxylation is 1. The summed E-state index contributed by atoms with van der Waals surface area (Å²) in [7, 11) is -4.69. The van der Waals surface area contributed by atoms with Gasteiger partial charge in [-0.1, -0.05) is 19.1 Å². The Morgan fingerprint density at radius 2 is 1.88 bits per heavy atom. The molecule has 0 bridgehead atoms. The predicted octanol–water partition coefficient (Wildman–Crippen LogP) is -0.875. The van der Waals surface area contributed by atoms with Crippen LogP contribution in [0, 0.1) is 10.2 Å². The van der Waals surface area contributed by atoms with Gasteiger partial charge in [0, 0.05) is 0 Å². The average Bonchev–Trinajstić information content (AvgIpc) is 2.57. The van der Waals surface area contributed by atoms with E-state index in [2.05, 4.69) is 30.1 Å². The predicted molar refractivity (Wildman–Crippen MR) is 55.8 cm³/mol. The highest BCUT2D eigenvalue weighted by Crippen LogP contribution is 2.22. The van der Waals surface area contributed by atoms with Crippen molar-refractivity contribution in [3.63, 3.8) is 0 Å². The Balaban J connectivity index is 0.000000249. The number of fused-ring (bicyclic) bond motifs is 1. The standard InChI is InChI=1S/C10H11NS.ClHO4/c1-2-5-10-11-8-6-3-4-7-9(8)12-10;2-1(3,4)5/h3-4,6-7H,2,5H2,1H3;(H,2,3,4,5). The van der Waals surface area contributed by atoms with E-state index in [1.54, 1.807) is 0 Å². The van der Waals surface area contributed by atoms with E-state index in [4.69, 9.17) is 18.6 Å². The van der Waals surface area contributed by atoms with Crippen LogP contribution in [-0.4, -0.2) is 9.64 Å². The molecular weight excluding hydrogens is 266 g/mol. The number of thiazole rings is 1. The maximum Gasteiger partial charge on any atom is 0.0938 e. The maximum absolute atomic E-state index is 8.60. The van der Waals surface area contributed by atoms with Crippen LogP contribution in [-0.2, 0) is 6.42 Å². The van der Waals surface area contributed by atoms with Crippen LogP contribution in [0.5, 0.6) is 0 Å². The van der Waals surface area contributed by atoms with Crippen LogP contribution in [0.1, 0.15) is 18.4 Å². The molecule has 1 heterocycles. The van der Waals surface area contributed by atoms with E-state index in [-0.39, 0.29) is 0 Å². The minimum atomic E-state index is -4.69. The van der Waals surface area contributed by atoms with E-state index in [9.17, 15) is 0 Å². The first kappa shape index (κ1) is 14.3. The smallest absolute Gasteiger partial charge is 0.0938 e. The lowest BCUT2D eigenvalue weighted by atomic mass is 10.3. The normalized spacial score (nSPS) is 11.1. The second kappa shape index (κ2) is 6.25. The van der Waals surface area contributed by atoms with Crippen LogP contribution >= 0.6 is 11.3 Å². The van der Waals surface area contributed by atoms with Crippen molar-refractivity contribution in [3.8, 4) is 0 Å². The molecule has 0 fully saturated rings. The van der Waals surface area contributed by atoms with E-state index in [1.807, 2.05) is 17.4 Å². The van der Waals surface area contributed by atoms with Crippen molar-refractivity contribution in [2.45, 2.75) is 19.8 Å². The van der Waals surface area contributed by atoms with Crippen molar-refractivity contribution in [2.75, 3.05) is 0 Å². The number of benzene rings is 1. The van der Waals surface area contributed by atoms with E-state index < -0.39 is 10.2 Å². The highest BCUT2D eigenvalue weighted by Gasteiger charge is 2.00. The number of para-hydroxylation sites is 1. The van der Waals surface area contributed by atoms with Gasteiger partial charge in [-0.25, -0.2) is 4.98 Å². The zero-order valence-corrected chi connectivity index (χ0v) is 10.7. The van der Waals surface area contributed by atoms with Crippen molar-refractivity contribution < 1.29 is 28.9 Å². The van der Waals surface area contributed by atoms with Gasteiger partial charge in [-0.15, -0.1) is 11.3 Å². The number of hydrogen-bond acceptors (Lipinski definition) is 6. The molecular formula is C10H12ClNO4S. The molecule has 5 nitrogen and oxygen atoms in total. The molecule has 0 saturated carbocycles. The van der Waals surface area contributed by atoms with Gasteiger partial charge in [-0.3, -0.25) is 0 Å². The monoisotopic (exact) mass is 277 g/mol. The third kappa shape index (κ3) is 5.92. The van der Waals surface area contributed by atoms with Gasteiger partial charge in [0.2, 0.25) is 0 Å². The Labute approximate surface area is 105 Å². The molecule has 7 heteroatoms. The summed E-state index contributed by atoms with van der Waals surface area (Å²) in [6.07, 6.45) is 2.29. The molecule has 0 atom stereocenters. The summed E-state index contributed by atoms with van der Waals surface area (Å²) in [6.45, 7) is 2.19. The molecule has 0 unspecified atom stereocenters. The first-order valence-electron chi connectivity index (χ1n) is 4.88. The Kier molecular flexibility index (Phi) is 5.26. The quantitative estimate of drug-likeness (QED) is 0.768. The largest absolute Gasteiger partial charge is 0.241 e. The van der Waals surface area contributed by atoms with Crippen molar-refractivity contribution in [2.24, 2.45) is 0 Å². The topological polar surface area (TPSA) is 102 Å². The van der Waals surface area contributed by atoms with Gasteiger partial charge in [0.1, 0.15) is 0 Å². The number of nitrogens with zero attached hydrogens (tertiary/aromatic N) is 1. The lowest BCUT2D eigenvalue weighted by molar-refractivity contribution is -1.92. The molecule has 2 rings (SSSR count). The first-order chi connectivity index (χ1) is 7.90. The maximum atomic E-state index is 8.60. The van der Waals surface area contributed by atoms with Crippen molar-refractivity contribution in [1.29, 1.82) is 0 Å². The fraction of sp³-hybridized carbons (Fsp3) is 0.300. The van der Waals surface area contributed by atoms with Crippen LogP contribution < -0.4 is 14.0 Å². The van der Waals surface area contributed by atoms with E-state index >= 15 is 0 Å². The van der Waals surface area contributed by atoms with Gasteiger partial charge < -0.3 is 0 Å². The Morgan fingerprint density at radius 3 is 2.41 bits per heavy atom. The van der Waals surface area contributed by atoms with Gasteiger partial charge in [-0.2, -0.15) is 14.0 Å². The van der Waals surface area contributed by atoms with Crippen molar-refractivity contribution in [1.82, 2.24) is 4.98 Å². The fourth-order valence-electron chi connectivity index (χ4n) is 1.24. The van der Waals surface area contributed by atoms with Gasteiger partial charge in [0.25, 0.3) is 0 Å². The summed E-state index contributed by atoms with van der Waals surface area (Å²) in [5, 5.41) is 1.26. The third-order valence-electron chi connectivity index (χ3n) is 1.80. The van der Waals surface area contributed by atoms with E-state index in [0.717, 1.165) is 11.9 Å². The molecule has 1 aromatic carbocycles. The summed E-state index contributed by atoms with van der Waals surface area (Å²) in [4.78, 5) is 4.52. The second-order valence-corrected chi connectivity index (χ2v) is 5.13. The molecule has 0 amide bonds.